The molecule has 1 rings (SSSR count). The molecular weight excluding hydrogens is 162 g/mol. The van der Waals surface area contributed by atoms with E-state index < -0.39 is 0 Å². The van der Waals surface area contributed by atoms with Gasteiger partial charge in [-0.1, -0.05) is 23.8 Å². The van der Waals surface area contributed by atoms with Crippen LogP contribution in [-0.2, 0) is 0 Å². The molecule has 0 fully saturated rings. The molecular formula is C8H8ClNO. The van der Waals surface area contributed by atoms with Gasteiger partial charge in [0.15, 0.2) is 0 Å². The molecule has 0 aliphatic rings. The zero-order chi connectivity index (χ0) is 8.10. The number of aliphatic hydroxyl groups is 1. The number of rotatable bonds is 2. The maximum atomic E-state index is 8.46. The summed E-state index contributed by atoms with van der Waals surface area (Å²) in [6, 6.07) is 3.55. The fraction of sp³-hybridized carbons (Fsp3) is 0.125. The van der Waals surface area contributed by atoms with Crippen LogP contribution in [0, 0.1) is 0 Å². The van der Waals surface area contributed by atoms with E-state index in [9.17, 15) is 0 Å². The van der Waals surface area contributed by atoms with Crippen molar-refractivity contribution in [3.8, 4) is 0 Å². The van der Waals surface area contributed by atoms with E-state index >= 15 is 0 Å². The molecule has 58 valence electrons. The van der Waals surface area contributed by atoms with Crippen LogP contribution in [0.2, 0.25) is 5.15 Å². The van der Waals surface area contributed by atoms with Crippen molar-refractivity contribution < 1.29 is 5.11 Å². The van der Waals surface area contributed by atoms with Gasteiger partial charge in [0.05, 0.1) is 6.61 Å². The van der Waals surface area contributed by atoms with Crippen molar-refractivity contribution >= 4 is 17.7 Å². The molecule has 0 radical (unpaired) electrons. The van der Waals surface area contributed by atoms with Crippen LogP contribution in [0.1, 0.15) is 5.56 Å². The Balaban J connectivity index is 2.79. The van der Waals surface area contributed by atoms with Crippen LogP contribution >= 0.6 is 11.6 Å². The number of aliphatic hydroxyl groups excluding tert-OH is 1. The fourth-order valence-electron chi connectivity index (χ4n) is 0.710. The largest absolute Gasteiger partial charge is 0.392 e. The fourth-order valence-corrected chi connectivity index (χ4v) is 0.892. The third kappa shape index (κ3) is 2.70. The molecule has 0 aliphatic heterocycles. The summed E-state index contributed by atoms with van der Waals surface area (Å²) < 4.78 is 0. The second-order valence-corrected chi connectivity index (χ2v) is 2.38. The summed E-state index contributed by atoms with van der Waals surface area (Å²) in [4.78, 5) is 3.82. The van der Waals surface area contributed by atoms with E-state index in [0.29, 0.717) is 5.15 Å². The van der Waals surface area contributed by atoms with Crippen molar-refractivity contribution in [1.29, 1.82) is 0 Å². The lowest BCUT2D eigenvalue weighted by molar-refractivity contribution is 0.343. The zero-order valence-corrected chi connectivity index (χ0v) is 6.62. The Morgan fingerprint density at radius 2 is 2.45 bits per heavy atom. The van der Waals surface area contributed by atoms with Gasteiger partial charge in [0.2, 0.25) is 0 Å². The summed E-state index contributed by atoms with van der Waals surface area (Å²) in [6.07, 6.45) is 5.05. The molecule has 1 aromatic rings. The van der Waals surface area contributed by atoms with Crippen LogP contribution in [0.25, 0.3) is 6.08 Å². The normalized spacial score (nSPS) is 10.7. The van der Waals surface area contributed by atoms with E-state index in [0.717, 1.165) is 5.56 Å². The molecule has 1 heterocycles. The molecule has 0 aromatic carbocycles. The van der Waals surface area contributed by atoms with E-state index in [1.54, 1.807) is 24.4 Å². The lowest BCUT2D eigenvalue weighted by Gasteiger charge is -1.91. The topological polar surface area (TPSA) is 33.1 Å². The molecule has 0 saturated heterocycles. The smallest absolute Gasteiger partial charge is 0.129 e. The lowest BCUT2D eigenvalue weighted by atomic mass is 10.2. The van der Waals surface area contributed by atoms with Crippen molar-refractivity contribution in [2.75, 3.05) is 6.61 Å². The third-order valence-electron chi connectivity index (χ3n) is 1.17. The first-order valence-electron chi connectivity index (χ1n) is 3.22. The van der Waals surface area contributed by atoms with Gasteiger partial charge < -0.3 is 5.11 Å². The lowest BCUT2D eigenvalue weighted by Crippen LogP contribution is -1.77. The van der Waals surface area contributed by atoms with Crippen molar-refractivity contribution in [2.24, 2.45) is 0 Å². The van der Waals surface area contributed by atoms with Gasteiger partial charge in [0, 0.05) is 6.20 Å². The number of hydrogen-bond acceptors (Lipinski definition) is 2. The molecule has 0 spiro atoms. The Labute approximate surface area is 70.2 Å². The van der Waals surface area contributed by atoms with Gasteiger partial charge in [-0.05, 0) is 17.7 Å². The number of nitrogens with zero attached hydrogens (tertiary/aromatic N) is 1. The van der Waals surface area contributed by atoms with Crippen LogP contribution < -0.4 is 0 Å². The maximum absolute atomic E-state index is 8.46. The van der Waals surface area contributed by atoms with E-state index in [1.807, 2.05) is 6.07 Å². The third-order valence-corrected chi connectivity index (χ3v) is 1.37. The zero-order valence-electron chi connectivity index (χ0n) is 5.87. The highest BCUT2D eigenvalue weighted by atomic mass is 35.5. The highest BCUT2D eigenvalue weighted by molar-refractivity contribution is 6.29. The summed E-state index contributed by atoms with van der Waals surface area (Å²) in [7, 11) is 0. The van der Waals surface area contributed by atoms with Gasteiger partial charge in [0.1, 0.15) is 5.15 Å². The molecule has 3 heteroatoms. The molecule has 0 unspecified atom stereocenters. The molecule has 0 bridgehead atoms. The van der Waals surface area contributed by atoms with Gasteiger partial charge in [0.25, 0.3) is 0 Å². The summed E-state index contributed by atoms with van der Waals surface area (Å²) in [5.41, 5.74) is 0.944. The Morgan fingerprint density at radius 1 is 1.64 bits per heavy atom. The van der Waals surface area contributed by atoms with Crippen LogP contribution in [0.5, 0.6) is 0 Å². The van der Waals surface area contributed by atoms with Crippen molar-refractivity contribution in [3.63, 3.8) is 0 Å². The summed E-state index contributed by atoms with van der Waals surface area (Å²) >= 11 is 5.62. The molecule has 11 heavy (non-hydrogen) atoms. The first-order chi connectivity index (χ1) is 5.33. The minimum absolute atomic E-state index is 0.0416. The summed E-state index contributed by atoms with van der Waals surface area (Å²) in [5.74, 6) is 0. The van der Waals surface area contributed by atoms with Crippen LogP contribution in [0.15, 0.2) is 24.4 Å². The molecule has 1 N–H and O–H groups in total. The van der Waals surface area contributed by atoms with E-state index in [-0.39, 0.29) is 6.61 Å². The molecule has 0 atom stereocenters. The highest BCUT2D eigenvalue weighted by Crippen LogP contribution is 2.07. The molecule has 0 saturated carbocycles. The van der Waals surface area contributed by atoms with Crippen molar-refractivity contribution in [1.82, 2.24) is 4.98 Å². The quantitative estimate of drug-likeness (QED) is 0.685. The number of halogens is 1. The Morgan fingerprint density at radius 3 is 3.09 bits per heavy atom. The highest BCUT2D eigenvalue weighted by Gasteiger charge is 1.88. The second-order valence-electron chi connectivity index (χ2n) is 2.00. The van der Waals surface area contributed by atoms with Crippen molar-refractivity contribution in [2.45, 2.75) is 0 Å². The van der Waals surface area contributed by atoms with E-state index in [4.69, 9.17) is 16.7 Å². The average molecular weight is 170 g/mol. The first kappa shape index (κ1) is 8.24. The van der Waals surface area contributed by atoms with Crippen molar-refractivity contribution in [3.05, 3.63) is 35.1 Å². The number of pyridine rings is 1. The predicted octanol–water partition coefficient (Wildman–Crippen LogP) is 1.74. The van der Waals surface area contributed by atoms with E-state index in [2.05, 4.69) is 4.98 Å². The molecule has 0 aliphatic carbocycles. The van der Waals surface area contributed by atoms with Gasteiger partial charge in [-0.25, -0.2) is 4.98 Å². The number of hydrogen-bond donors (Lipinski definition) is 1. The van der Waals surface area contributed by atoms with Gasteiger partial charge >= 0.3 is 0 Å². The van der Waals surface area contributed by atoms with E-state index in [1.165, 1.54) is 0 Å². The Kier molecular flexibility index (Phi) is 3.08. The molecule has 2 nitrogen and oxygen atoms in total. The molecule has 1 aromatic heterocycles. The minimum Gasteiger partial charge on any atom is -0.392 e. The Bertz CT molecular complexity index is 260. The van der Waals surface area contributed by atoms with Gasteiger partial charge in [-0.2, -0.15) is 0 Å². The standard InChI is InChI=1S/C8H8ClNO/c9-8-6-7(2-1-5-11)3-4-10-8/h1-4,6,11H,5H2. The van der Waals surface area contributed by atoms with Gasteiger partial charge in [-0.3, -0.25) is 0 Å². The van der Waals surface area contributed by atoms with Crippen LogP contribution in [0.3, 0.4) is 0 Å². The number of aromatic nitrogens is 1. The monoisotopic (exact) mass is 169 g/mol. The molecule has 0 amide bonds. The predicted molar refractivity (Wildman–Crippen MR) is 45.4 cm³/mol. The maximum Gasteiger partial charge on any atom is 0.129 e. The second kappa shape index (κ2) is 4.11. The summed E-state index contributed by atoms with van der Waals surface area (Å²) in [5, 5.41) is 8.92. The SMILES string of the molecule is OCC=Cc1ccnc(Cl)c1. The van der Waals surface area contributed by atoms with Gasteiger partial charge in [-0.15, -0.1) is 0 Å². The van der Waals surface area contributed by atoms with Crippen LogP contribution in [-0.4, -0.2) is 16.7 Å². The average Bonchev–Trinajstić information content (AvgIpc) is 2.01. The Hall–Kier alpha value is -0.860. The first-order valence-corrected chi connectivity index (χ1v) is 3.59. The minimum atomic E-state index is 0.0416. The van der Waals surface area contributed by atoms with Crippen LogP contribution in [0.4, 0.5) is 0 Å². The summed E-state index contributed by atoms with van der Waals surface area (Å²) in [6.45, 7) is 0.0416.